The Morgan fingerprint density at radius 3 is 2.47 bits per heavy atom. The molecule has 0 rings (SSSR count). The maximum atomic E-state index is 10.8. The van der Waals surface area contributed by atoms with E-state index in [2.05, 4.69) is 11.8 Å². The topological polar surface area (TPSA) is 66.6 Å². The molecule has 0 aliphatic carbocycles. The monoisotopic (exact) mass is 216 g/mol. The largest absolute Gasteiger partial charge is 0.480 e. The molecule has 0 aromatic rings. The molecule has 1 atom stereocenters. The summed E-state index contributed by atoms with van der Waals surface area (Å²) < 4.78 is 0. The minimum atomic E-state index is -1.10. The number of hydrogen-bond donors (Lipinski definition) is 2. The van der Waals surface area contributed by atoms with E-state index in [1.807, 2.05) is 7.05 Å². The van der Waals surface area contributed by atoms with Gasteiger partial charge in [-0.3, -0.25) is 4.79 Å². The van der Waals surface area contributed by atoms with Crippen molar-refractivity contribution in [2.75, 3.05) is 20.1 Å². The van der Waals surface area contributed by atoms with Crippen LogP contribution in [0.25, 0.3) is 0 Å². The zero-order chi connectivity index (χ0) is 11.9. The molecule has 15 heavy (non-hydrogen) atoms. The second-order valence-electron chi connectivity index (χ2n) is 4.48. The van der Waals surface area contributed by atoms with E-state index in [1.54, 1.807) is 6.92 Å². The van der Waals surface area contributed by atoms with Gasteiger partial charge in [0.15, 0.2) is 0 Å². The van der Waals surface area contributed by atoms with Crippen molar-refractivity contribution in [1.82, 2.24) is 4.90 Å². The molecule has 4 nitrogen and oxygen atoms in total. The molecule has 0 fully saturated rings. The molecule has 3 N–H and O–H groups in total. The molecule has 90 valence electrons. The molecule has 0 aromatic heterocycles. The minimum Gasteiger partial charge on any atom is -0.480 e. The van der Waals surface area contributed by atoms with Gasteiger partial charge in [-0.25, -0.2) is 0 Å². The first kappa shape index (κ1) is 14.4. The van der Waals surface area contributed by atoms with Gasteiger partial charge in [0.25, 0.3) is 0 Å². The van der Waals surface area contributed by atoms with Crippen molar-refractivity contribution in [1.29, 1.82) is 0 Å². The molecule has 0 aliphatic rings. The van der Waals surface area contributed by atoms with Crippen LogP contribution < -0.4 is 5.73 Å². The highest BCUT2D eigenvalue weighted by Gasteiger charge is 2.27. The smallest absolute Gasteiger partial charge is 0.323 e. The van der Waals surface area contributed by atoms with Crippen molar-refractivity contribution >= 4 is 5.97 Å². The number of nitrogens with zero attached hydrogens (tertiary/aromatic N) is 1. The molecular formula is C11H24N2O2. The zero-order valence-corrected chi connectivity index (χ0v) is 10.1. The van der Waals surface area contributed by atoms with Crippen molar-refractivity contribution in [2.24, 2.45) is 5.73 Å². The Morgan fingerprint density at radius 2 is 2.00 bits per heavy atom. The first-order valence-electron chi connectivity index (χ1n) is 5.61. The van der Waals surface area contributed by atoms with Gasteiger partial charge in [-0.05, 0) is 33.4 Å². The highest BCUT2D eigenvalue weighted by atomic mass is 16.4. The number of carboxylic acids is 1. The quantitative estimate of drug-likeness (QED) is 0.600. The number of nitrogens with two attached hydrogens (primary N) is 1. The third-order valence-electron chi connectivity index (χ3n) is 2.64. The Kier molecular flexibility index (Phi) is 6.52. The third kappa shape index (κ3) is 6.47. The van der Waals surface area contributed by atoms with Crippen LogP contribution in [0, 0.1) is 0 Å². The van der Waals surface area contributed by atoms with E-state index in [9.17, 15) is 4.79 Å². The normalized spacial score (nSPS) is 15.3. The van der Waals surface area contributed by atoms with Crippen molar-refractivity contribution in [2.45, 2.75) is 45.1 Å². The first-order valence-corrected chi connectivity index (χ1v) is 5.61. The van der Waals surface area contributed by atoms with Gasteiger partial charge in [0.05, 0.1) is 0 Å². The summed E-state index contributed by atoms with van der Waals surface area (Å²) >= 11 is 0. The third-order valence-corrected chi connectivity index (χ3v) is 2.64. The minimum absolute atomic E-state index is 0.491. The zero-order valence-electron chi connectivity index (χ0n) is 10.1. The van der Waals surface area contributed by atoms with Crippen LogP contribution >= 0.6 is 0 Å². The summed E-state index contributed by atoms with van der Waals surface area (Å²) in [5.41, 5.74) is 4.54. The van der Waals surface area contributed by atoms with Crippen LogP contribution in [-0.2, 0) is 4.79 Å². The molecule has 0 amide bonds. The lowest BCUT2D eigenvalue weighted by atomic mass is 9.99. The molecule has 0 bridgehead atoms. The van der Waals surface area contributed by atoms with Crippen molar-refractivity contribution in [3.63, 3.8) is 0 Å². The molecular weight excluding hydrogens is 192 g/mol. The summed E-state index contributed by atoms with van der Waals surface area (Å²) in [5.74, 6) is -0.926. The number of rotatable bonds is 8. The van der Waals surface area contributed by atoms with Crippen LogP contribution in [0.1, 0.15) is 39.5 Å². The lowest BCUT2D eigenvalue weighted by Crippen LogP contribution is -2.47. The number of carbonyl (C=O) groups is 1. The molecule has 0 spiro atoms. The number of hydrogen-bond acceptors (Lipinski definition) is 3. The van der Waals surface area contributed by atoms with E-state index in [-0.39, 0.29) is 0 Å². The summed E-state index contributed by atoms with van der Waals surface area (Å²) in [5, 5.41) is 8.82. The fourth-order valence-corrected chi connectivity index (χ4v) is 1.27. The molecule has 0 heterocycles. The number of aliphatic carboxylic acids is 1. The van der Waals surface area contributed by atoms with E-state index in [4.69, 9.17) is 10.8 Å². The molecule has 4 heteroatoms. The molecule has 0 saturated heterocycles. The Hall–Kier alpha value is -0.610. The Morgan fingerprint density at radius 1 is 1.40 bits per heavy atom. The average Bonchev–Trinajstić information content (AvgIpc) is 2.15. The standard InChI is InChI=1S/C11H24N2O2/c1-4-5-6-8-13(3)9-7-11(2,12)10(14)15/h4-9,12H2,1-3H3,(H,14,15). The van der Waals surface area contributed by atoms with Gasteiger partial charge in [0.1, 0.15) is 5.54 Å². The lowest BCUT2D eigenvalue weighted by molar-refractivity contribution is -0.143. The van der Waals surface area contributed by atoms with E-state index in [0.29, 0.717) is 6.42 Å². The van der Waals surface area contributed by atoms with Crippen LogP contribution in [0.15, 0.2) is 0 Å². The van der Waals surface area contributed by atoms with Gasteiger partial charge in [-0.15, -0.1) is 0 Å². The molecule has 0 aromatic carbocycles. The predicted molar refractivity (Wildman–Crippen MR) is 61.9 cm³/mol. The molecule has 0 radical (unpaired) electrons. The van der Waals surface area contributed by atoms with E-state index >= 15 is 0 Å². The fourth-order valence-electron chi connectivity index (χ4n) is 1.27. The number of carboxylic acid groups (broad SMARTS) is 1. The Bertz CT molecular complexity index is 193. The van der Waals surface area contributed by atoms with Crippen molar-refractivity contribution in [3.05, 3.63) is 0 Å². The van der Waals surface area contributed by atoms with Crippen LogP contribution in [0.5, 0.6) is 0 Å². The van der Waals surface area contributed by atoms with Gasteiger partial charge in [0.2, 0.25) is 0 Å². The summed E-state index contributed by atoms with van der Waals surface area (Å²) in [6.07, 6.45) is 4.09. The second kappa shape index (κ2) is 6.80. The maximum Gasteiger partial charge on any atom is 0.323 e. The van der Waals surface area contributed by atoms with Crippen LogP contribution in [0.3, 0.4) is 0 Å². The van der Waals surface area contributed by atoms with Crippen molar-refractivity contribution < 1.29 is 9.90 Å². The van der Waals surface area contributed by atoms with Crippen LogP contribution in [0.2, 0.25) is 0 Å². The molecule has 0 saturated carbocycles. The fraction of sp³-hybridized carbons (Fsp3) is 0.909. The average molecular weight is 216 g/mol. The molecule has 0 aliphatic heterocycles. The summed E-state index contributed by atoms with van der Waals surface area (Å²) in [4.78, 5) is 12.9. The Labute approximate surface area is 92.4 Å². The summed E-state index contributed by atoms with van der Waals surface area (Å²) in [6, 6.07) is 0. The van der Waals surface area contributed by atoms with Crippen molar-refractivity contribution in [3.8, 4) is 0 Å². The summed E-state index contributed by atoms with van der Waals surface area (Å²) in [7, 11) is 2.01. The van der Waals surface area contributed by atoms with Gasteiger partial charge >= 0.3 is 5.97 Å². The highest BCUT2D eigenvalue weighted by Crippen LogP contribution is 2.07. The van der Waals surface area contributed by atoms with E-state index < -0.39 is 11.5 Å². The van der Waals surface area contributed by atoms with E-state index in [1.165, 1.54) is 19.3 Å². The maximum absolute atomic E-state index is 10.8. The van der Waals surface area contributed by atoms with Gasteiger partial charge in [-0.1, -0.05) is 19.8 Å². The lowest BCUT2D eigenvalue weighted by Gasteiger charge is -2.23. The number of unbranched alkanes of at least 4 members (excludes halogenated alkanes) is 2. The summed E-state index contributed by atoms with van der Waals surface area (Å²) in [6.45, 7) is 5.49. The van der Waals surface area contributed by atoms with Gasteiger partial charge in [-0.2, -0.15) is 0 Å². The Balaban J connectivity index is 3.70. The SMILES string of the molecule is CCCCCN(C)CCC(C)(N)C(=O)O. The van der Waals surface area contributed by atoms with Gasteiger partial charge < -0.3 is 15.7 Å². The second-order valence-corrected chi connectivity index (χ2v) is 4.48. The molecule has 1 unspecified atom stereocenters. The van der Waals surface area contributed by atoms with E-state index in [0.717, 1.165) is 13.1 Å². The van der Waals surface area contributed by atoms with Gasteiger partial charge in [0, 0.05) is 6.54 Å². The first-order chi connectivity index (χ1) is 6.90. The van der Waals surface area contributed by atoms with Crippen LogP contribution in [-0.4, -0.2) is 41.7 Å². The highest BCUT2D eigenvalue weighted by molar-refractivity contribution is 5.77. The van der Waals surface area contributed by atoms with Crippen LogP contribution in [0.4, 0.5) is 0 Å². The predicted octanol–water partition coefficient (Wildman–Crippen LogP) is 1.30.